The Morgan fingerprint density at radius 2 is 2.16 bits per heavy atom. The van der Waals surface area contributed by atoms with Crippen molar-refractivity contribution in [2.75, 3.05) is 7.11 Å². The predicted molar refractivity (Wildman–Crippen MR) is 91.8 cm³/mol. The summed E-state index contributed by atoms with van der Waals surface area (Å²) >= 11 is 0. The quantitative estimate of drug-likeness (QED) is 0.780. The standard InChI is InChI=1S/C19H21FN2O3/c1-25-17-7-5-12(9-16(17)23)11-21-15-6-8-18(24)22-19(15)13-3-2-4-14(20)10-13/h2-5,7,9-10,15,19,21,23H,6,8,11H2,1H3,(H,22,24)/t15-,19+/m1/s1. The molecule has 1 aliphatic rings. The van der Waals surface area contributed by atoms with Crippen molar-refractivity contribution < 1.29 is 19.0 Å². The summed E-state index contributed by atoms with van der Waals surface area (Å²) in [6.45, 7) is 0.518. The number of nitrogens with one attached hydrogen (secondary N) is 2. The van der Waals surface area contributed by atoms with Gasteiger partial charge < -0.3 is 20.5 Å². The molecule has 0 aliphatic carbocycles. The zero-order valence-electron chi connectivity index (χ0n) is 14.0. The van der Waals surface area contributed by atoms with Crippen LogP contribution in [0.3, 0.4) is 0 Å². The summed E-state index contributed by atoms with van der Waals surface area (Å²) < 4.78 is 18.6. The topological polar surface area (TPSA) is 70.6 Å². The maximum absolute atomic E-state index is 13.5. The second-order valence-corrected chi connectivity index (χ2v) is 6.13. The minimum absolute atomic E-state index is 0.0243. The van der Waals surface area contributed by atoms with Gasteiger partial charge in [0.05, 0.1) is 13.2 Å². The van der Waals surface area contributed by atoms with Gasteiger partial charge in [-0.15, -0.1) is 0 Å². The summed E-state index contributed by atoms with van der Waals surface area (Å²) in [5, 5.41) is 16.2. The van der Waals surface area contributed by atoms with Crippen LogP contribution in [0.5, 0.6) is 11.5 Å². The van der Waals surface area contributed by atoms with E-state index < -0.39 is 0 Å². The van der Waals surface area contributed by atoms with Gasteiger partial charge in [-0.3, -0.25) is 4.79 Å². The Balaban J connectivity index is 1.73. The lowest BCUT2D eigenvalue weighted by molar-refractivity contribution is -0.123. The van der Waals surface area contributed by atoms with Crippen LogP contribution < -0.4 is 15.4 Å². The summed E-state index contributed by atoms with van der Waals surface area (Å²) in [6, 6.07) is 11.2. The number of piperidine rings is 1. The molecule has 2 aromatic carbocycles. The number of aromatic hydroxyl groups is 1. The van der Waals surface area contributed by atoms with Gasteiger partial charge in [0.25, 0.3) is 0 Å². The molecule has 0 radical (unpaired) electrons. The number of rotatable bonds is 5. The smallest absolute Gasteiger partial charge is 0.220 e. The van der Waals surface area contributed by atoms with Crippen molar-refractivity contribution in [2.24, 2.45) is 0 Å². The highest BCUT2D eigenvalue weighted by atomic mass is 19.1. The predicted octanol–water partition coefficient (Wildman–Crippen LogP) is 2.65. The molecule has 1 fully saturated rings. The second-order valence-electron chi connectivity index (χ2n) is 6.13. The zero-order chi connectivity index (χ0) is 17.8. The van der Waals surface area contributed by atoms with Gasteiger partial charge in [-0.25, -0.2) is 4.39 Å². The van der Waals surface area contributed by atoms with Gasteiger partial charge in [0.15, 0.2) is 11.5 Å². The van der Waals surface area contributed by atoms with E-state index in [-0.39, 0.29) is 29.6 Å². The lowest BCUT2D eigenvalue weighted by Gasteiger charge is -2.33. The van der Waals surface area contributed by atoms with Crippen molar-refractivity contribution in [3.63, 3.8) is 0 Å². The van der Waals surface area contributed by atoms with E-state index in [9.17, 15) is 14.3 Å². The zero-order valence-corrected chi connectivity index (χ0v) is 14.0. The van der Waals surface area contributed by atoms with Crippen LogP contribution in [0.25, 0.3) is 0 Å². The van der Waals surface area contributed by atoms with E-state index >= 15 is 0 Å². The summed E-state index contributed by atoms with van der Waals surface area (Å²) in [5.74, 6) is 0.150. The van der Waals surface area contributed by atoms with Gasteiger partial charge in [-0.05, 0) is 41.8 Å². The van der Waals surface area contributed by atoms with Crippen LogP contribution in [0.2, 0.25) is 0 Å². The second kappa shape index (κ2) is 7.53. The van der Waals surface area contributed by atoms with E-state index in [4.69, 9.17) is 4.74 Å². The molecule has 0 aromatic heterocycles. The minimum atomic E-state index is -0.323. The third kappa shape index (κ3) is 4.09. The van der Waals surface area contributed by atoms with Gasteiger partial charge in [0, 0.05) is 19.0 Å². The molecule has 25 heavy (non-hydrogen) atoms. The Labute approximate surface area is 145 Å². The number of hydrogen-bond acceptors (Lipinski definition) is 4. The van der Waals surface area contributed by atoms with Crippen molar-refractivity contribution >= 4 is 5.91 Å². The molecule has 0 unspecified atom stereocenters. The molecule has 1 amide bonds. The van der Waals surface area contributed by atoms with Crippen LogP contribution in [0.15, 0.2) is 42.5 Å². The van der Waals surface area contributed by atoms with E-state index in [1.54, 1.807) is 18.2 Å². The fraction of sp³-hybridized carbons (Fsp3) is 0.316. The van der Waals surface area contributed by atoms with Crippen molar-refractivity contribution in [1.82, 2.24) is 10.6 Å². The van der Waals surface area contributed by atoms with Crippen LogP contribution in [-0.2, 0) is 11.3 Å². The third-order valence-electron chi connectivity index (χ3n) is 4.42. The average molecular weight is 344 g/mol. The molecule has 132 valence electrons. The highest BCUT2D eigenvalue weighted by Gasteiger charge is 2.29. The first-order valence-corrected chi connectivity index (χ1v) is 8.21. The molecule has 0 spiro atoms. The van der Waals surface area contributed by atoms with E-state index in [0.29, 0.717) is 25.1 Å². The van der Waals surface area contributed by atoms with E-state index in [2.05, 4.69) is 10.6 Å². The molecule has 2 aromatic rings. The first-order valence-electron chi connectivity index (χ1n) is 8.21. The number of carbonyl (C=O) groups is 1. The SMILES string of the molecule is COc1ccc(CN[C@@H]2CCC(=O)N[C@H]2c2cccc(F)c2)cc1O. The van der Waals surface area contributed by atoms with Crippen LogP contribution in [0.1, 0.15) is 30.0 Å². The molecule has 2 atom stereocenters. The van der Waals surface area contributed by atoms with E-state index in [1.807, 2.05) is 12.1 Å². The molecule has 3 rings (SSSR count). The lowest BCUT2D eigenvalue weighted by atomic mass is 9.91. The Kier molecular flexibility index (Phi) is 5.19. The van der Waals surface area contributed by atoms with Crippen LogP contribution in [0.4, 0.5) is 4.39 Å². The molecule has 6 heteroatoms. The molecule has 5 nitrogen and oxygen atoms in total. The minimum Gasteiger partial charge on any atom is -0.504 e. The Hall–Kier alpha value is -2.60. The largest absolute Gasteiger partial charge is 0.504 e. The van der Waals surface area contributed by atoms with Crippen LogP contribution in [0, 0.1) is 5.82 Å². The highest BCUT2D eigenvalue weighted by Crippen LogP contribution is 2.28. The van der Waals surface area contributed by atoms with Gasteiger partial charge in [0.1, 0.15) is 5.82 Å². The van der Waals surface area contributed by atoms with E-state index in [1.165, 1.54) is 19.2 Å². The molecule has 1 saturated heterocycles. The molecular weight excluding hydrogens is 323 g/mol. The molecule has 0 saturated carbocycles. The summed E-state index contributed by atoms with van der Waals surface area (Å²) in [5.41, 5.74) is 1.64. The van der Waals surface area contributed by atoms with Gasteiger partial charge >= 0.3 is 0 Å². The Bertz CT molecular complexity index is 766. The van der Waals surface area contributed by atoms with Crippen molar-refractivity contribution in [3.8, 4) is 11.5 Å². The van der Waals surface area contributed by atoms with E-state index in [0.717, 1.165) is 11.1 Å². The molecule has 1 aliphatic heterocycles. The molecule has 0 bridgehead atoms. The molecular formula is C19H21FN2O3. The first kappa shape index (κ1) is 17.2. The monoisotopic (exact) mass is 344 g/mol. The third-order valence-corrected chi connectivity index (χ3v) is 4.42. The number of amides is 1. The molecule has 3 N–H and O–H groups in total. The number of ether oxygens (including phenoxy) is 1. The summed E-state index contributed by atoms with van der Waals surface area (Å²) in [7, 11) is 1.50. The summed E-state index contributed by atoms with van der Waals surface area (Å²) in [4.78, 5) is 11.8. The Morgan fingerprint density at radius 1 is 1.32 bits per heavy atom. The fourth-order valence-corrected chi connectivity index (χ4v) is 3.13. The van der Waals surface area contributed by atoms with Crippen LogP contribution in [-0.4, -0.2) is 24.2 Å². The highest BCUT2D eigenvalue weighted by molar-refractivity contribution is 5.77. The van der Waals surface area contributed by atoms with Gasteiger partial charge in [-0.1, -0.05) is 18.2 Å². The lowest BCUT2D eigenvalue weighted by Crippen LogP contribution is -2.48. The number of benzene rings is 2. The maximum Gasteiger partial charge on any atom is 0.220 e. The number of phenols is 1. The number of carbonyl (C=O) groups excluding carboxylic acids is 1. The normalized spacial score (nSPS) is 20.2. The average Bonchev–Trinajstić information content (AvgIpc) is 2.61. The van der Waals surface area contributed by atoms with Gasteiger partial charge in [-0.2, -0.15) is 0 Å². The van der Waals surface area contributed by atoms with Crippen molar-refractivity contribution in [2.45, 2.75) is 31.5 Å². The van der Waals surface area contributed by atoms with Crippen molar-refractivity contribution in [1.29, 1.82) is 0 Å². The number of halogens is 1. The molecule has 1 heterocycles. The number of hydrogen-bond donors (Lipinski definition) is 3. The Morgan fingerprint density at radius 3 is 2.88 bits per heavy atom. The maximum atomic E-state index is 13.5. The first-order chi connectivity index (χ1) is 12.1. The van der Waals surface area contributed by atoms with Crippen LogP contribution >= 0.6 is 0 Å². The fourth-order valence-electron chi connectivity index (χ4n) is 3.13. The van der Waals surface area contributed by atoms with Crippen molar-refractivity contribution in [3.05, 3.63) is 59.4 Å². The number of methoxy groups -OCH3 is 1. The van der Waals surface area contributed by atoms with Gasteiger partial charge in [0.2, 0.25) is 5.91 Å². The summed E-state index contributed by atoms with van der Waals surface area (Å²) in [6.07, 6.45) is 1.09. The number of phenolic OH excluding ortho intramolecular Hbond substituents is 1.